The van der Waals surface area contributed by atoms with Gasteiger partial charge in [0.25, 0.3) is 0 Å². The van der Waals surface area contributed by atoms with Crippen molar-refractivity contribution in [2.45, 2.75) is 158 Å². The molecule has 0 aliphatic rings. The summed E-state index contributed by atoms with van der Waals surface area (Å²) in [5, 5.41) is 0. The van der Waals surface area contributed by atoms with E-state index in [9.17, 15) is 0 Å². The Labute approximate surface area is 216 Å². The van der Waals surface area contributed by atoms with Crippen LogP contribution in [0.2, 0.25) is 0 Å². The lowest BCUT2D eigenvalue weighted by molar-refractivity contribution is 0.115. The van der Waals surface area contributed by atoms with Gasteiger partial charge < -0.3 is 0 Å². The molecule has 0 aliphatic carbocycles. The van der Waals surface area contributed by atoms with Gasteiger partial charge >= 0.3 is 0 Å². The van der Waals surface area contributed by atoms with Crippen molar-refractivity contribution in [3.63, 3.8) is 0 Å². The van der Waals surface area contributed by atoms with Crippen molar-refractivity contribution in [1.29, 1.82) is 0 Å². The van der Waals surface area contributed by atoms with Crippen molar-refractivity contribution in [2.75, 3.05) is 0 Å². The molecule has 0 heteroatoms. The zero-order chi connectivity index (χ0) is 25.7. The molecule has 0 heterocycles. The zero-order valence-electron chi connectivity index (χ0n) is 24.9. The lowest BCUT2D eigenvalue weighted by Gasteiger charge is -2.39. The maximum atomic E-state index is 2.53. The highest BCUT2D eigenvalue weighted by Gasteiger charge is 2.32. The van der Waals surface area contributed by atoms with Crippen molar-refractivity contribution in [2.24, 2.45) is 22.2 Å². The monoisotopic (exact) mass is 470 g/mol. The minimum Gasteiger partial charge on any atom is -0.0654 e. The molecule has 2 atom stereocenters. The maximum absolute atomic E-state index is 2.53. The molecule has 0 fully saturated rings. The zero-order valence-corrected chi connectivity index (χ0v) is 24.9. The third-order valence-electron chi connectivity index (χ3n) is 9.05. The van der Waals surface area contributed by atoms with Crippen LogP contribution in [0, 0.1) is 22.2 Å². The van der Waals surface area contributed by atoms with E-state index in [1.165, 1.54) is 95.5 Å². The Morgan fingerprint density at radius 1 is 0.588 bits per heavy atom. The topological polar surface area (TPSA) is 0 Å². The first kappa shape index (κ1) is 31.3. The van der Waals surface area contributed by atoms with Crippen molar-refractivity contribution in [3.05, 3.63) is 35.9 Å². The maximum Gasteiger partial charge on any atom is -0.0113 e. The van der Waals surface area contributed by atoms with Gasteiger partial charge in [0.1, 0.15) is 0 Å². The molecule has 1 aromatic carbocycles. The van der Waals surface area contributed by atoms with Gasteiger partial charge in [0.15, 0.2) is 0 Å². The third-order valence-corrected chi connectivity index (χ3v) is 9.05. The molecule has 0 N–H and O–H groups in total. The number of unbranched alkanes of at least 4 members (excludes halogenated alkanes) is 6. The molecule has 0 amide bonds. The van der Waals surface area contributed by atoms with E-state index in [0.29, 0.717) is 22.2 Å². The highest BCUT2D eigenvalue weighted by Crippen LogP contribution is 2.44. The van der Waals surface area contributed by atoms with Crippen molar-refractivity contribution < 1.29 is 0 Å². The van der Waals surface area contributed by atoms with E-state index in [2.05, 4.69) is 92.6 Å². The Balaban J connectivity index is 2.30. The summed E-state index contributed by atoms with van der Waals surface area (Å²) in [6.07, 6.45) is 19.3. The van der Waals surface area contributed by atoms with E-state index in [1.54, 1.807) is 0 Å². The standard InChI is InChI=1S/C34H62/c1-10-13-26-33(6,7)30(11-2)28-32(4,5)25-21-16-14-15-17-22-27-34(8,9)31(12-3)29-23-19-18-20-24-29/h18-20,23-24,30-31H,10-17,21-22,25-28H2,1-9H3. The fourth-order valence-electron chi connectivity index (χ4n) is 6.57. The molecule has 0 aliphatic heterocycles. The molecule has 1 rings (SSSR count). The van der Waals surface area contributed by atoms with Gasteiger partial charge in [0.05, 0.1) is 0 Å². The summed E-state index contributed by atoms with van der Waals surface area (Å²) < 4.78 is 0. The van der Waals surface area contributed by atoms with E-state index in [4.69, 9.17) is 0 Å². The largest absolute Gasteiger partial charge is 0.0654 e. The van der Waals surface area contributed by atoms with Gasteiger partial charge in [-0.1, -0.05) is 150 Å². The molecular formula is C34H62. The first-order chi connectivity index (χ1) is 16.0. The van der Waals surface area contributed by atoms with Crippen molar-refractivity contribution >= 4 is 0 Å². The van der Waals surface area contributed by atoms with Gasteiger partial charge in [-0.3, -0.25) is 0 Å². The van der Waals surface area contributed by atoms with Crippen LogP contribution in [0.25, 0.3) is 0 Å². The third kappa shape index (κ3) is 11.3. The van der Waals surface area contributed by atoms with E-state index >= 15 is 0 Å². The lowest BCUT2D eigenvalue weighted by Crippen LogP contribution is -2.29. The summed E-state index contributed by atoms with van der Waals surface area (Å²) in [6, 6.07) is 11.2. The molecule has 0 bridgehead atoms. The van der Waals surface area contributed by atoms with Crippen LogP contribution in [0.3, 0.4) is 0 Å². The summed E-state index contributed by atoms with van der Waals surface area (Å²) in [6.45, 7) is 22.2. The fraction of sp³-hybridized carbons (Fsp3) is 0.824. The molecule has 0 radical (unpaired) electrons. The van der Waals surface area contributed by atoms with Crippen LogP contribution in [0.5, 0.6) is 0 Å². The van der Waals surface area contributed by atoms with Gasteiger partial charge in [0, 0.05) is 0 Å². The molecule has 0 nitrogen and oxygen atoms in total. The normalized spacial score (nSPS) is 14.9. The Morgan fingerprint density at radius 2 is 1.12 bits per heavy atom. The van der Waals surface area contributed by atoms with Crippen molar-refractivity contribution in [3.8, 4) is 0 Å². The summed E-state index contributed by atoms with van der Waals surface area (Å²) >= 11 is 0. The van der Waals surface area contributed by atoms with Crippen LogP contribution in [0.4, 0.5) is 0 Å². The Morgan fingerprint density at radius 3 is 1.65 bits per heavy atom. The average Bonchev–Trinajstić information content (AvgIpc) is 2.78. The van der Waals surface area contributed by atoms with Gasteiger partial charge in [-0.15, -0.1) is 0 Å². The Hall–Kier alpha value is -0.780. The Bertz CT molecular complexity index is 621. The van der Waals surface area contributed by atoms with Crippen LogP contribution >= 0.6 is 0 Å². The molecule has 1 aromatic rings. The fourth-order valence-corrected chi connectivity index (χ4v) is 6.57. The number of rotatable bonds is 19. The molecule has 198 valence electrons. The van der Waals surface area contributed by atoms with E-state index in [1.807, 2.05) is 0 Å². The SMILES string of the molecule is CCCCC(C)(C)C(CC)CC(C)(C)CCCCCCCCC(C)(C)C(CC)c1ccccc1. The average molecular weight is 471 g/mol. The lowest BCUT2D eigenvalue weighted by atomic mass is 9.66. The van der Waals surface area contributed by atoms with Gasteiger partial charge in [-0.25, -0.2) is 0 Å². The van der Waals surface area contributed by atoms with E-state index in [-0.39, 0.29) is 0 Å². The first-order valence-electron chi connectivity index (χ1n) is 15.0. The molecule has 0 saturated heterocycles. The molecule has 0 aromatic heterocycles. The molecule has 0 saturated carbocycles. The number of hydrogen-bond donors (Lipinski definition) is 0. The smallest absolute Gasteiger partial charge is 0.0113 e. The summed E-state index contributed by atoms with van der Waals surface area (Å²) in [7, 11) is 0. The second kappa shape index (κ2) is 15.4. The second-order valence-corrected chi connectivity index (χ2v) is 13.5. The van der Waals surface area contributed by atoms with Gasteiger partial charge in [0.2, 0.25) is 0 Å². The quantitative estimate of drug-likeness (QED) is 0.176. The second-order valence-electron chi connectivity index (χ2n) is 13.5. The molecule has 2 unspecified atom stereocenters. The first-order valence-corrected chi connectivity index (χ1v) is 15.0. The van der Waals surface area contributed by atoms with Crippen LogP contribution in [-0.2, 0) is 0 Å². The van der Waals surface area contributed by atoms with E-state index < -0.39 is 0 Å². The van der Waals surface area contributed by atoms with Crippen LogP contribution in [0.15, 0.2) is 30.3 Å². The predicted molar refractivity (Wildman–Crippen MR) is 156 cm³/mol. The van der Waals surface area contributed by atoms with Crippen LogP contribution in [0.1, 0.15) is 164 Å². The number of hydrogen-bond acceptors (Lipinski definition) is 0. The summed E-state index contributed by atoms with van der Waals surface area (Å²) in [4.78, 5) is 0. The highest BCUT2D eigenvalue weighted by atomic mass is 14.4. The number of benzene rings is 1. The predicted octanol–water partition coefficient (Wildman–Crippen LogP) is 12.0. The van der Waals surface area contributed by atoms with Crippen LogP contribution < -0.4 is 0 Å². The summed E-state index contributed by atoms with van der Waals surface area (Å²) in [5.41, 5.74) is 2.89. The molecule has 34 heavy (non-hydrogen) atoms. The van der Waals surface area contributed by atoms with Crippen molar-refractivity contribution in [1.82, 2.24) is 0 Å². The molecular weight excluding hydrogens is 408 g/mol. The Kier molecular flexibility index (Phi) is 14.1. The summed E-state index contributed by atoms with van der Waals surface area (Å²) in [5.74, 6) is 1.54. The minimum atomic E-state index is 0.390. The van der Waals surface area contributed by atoms with Crippen LogP contribution in [-0.4, -0.2) is 0 Å². The molecule has 0 spiro atoms. The van der Waals surface area contributed by atoms with Gasteiger partial charge in [-0.05, 0) is 65.7 Å². The van der Waals surface area contributed by atoms with Gasteiger partial charge in [-0.2, -0.15) is 0 Å². The minimum absolute atomic E-state index is 0.390. The van der Waals surface area contributed by atoms with E-state index in [0.717, 1.165) is 5.92 Å². The highest BCUT2D eigenvalue weighted by molar-refractivity contribution is 5.21.